The quantitative estimate of drug-likeness (QED) is 0.783. The average Bonchev–Trinajstić information content (AvgIpc) is 3.08. The summed E-state index contributed by atoms with van der Waals surface area (Å²) in [4.78, 5) is 4.64. The van der Waals surface area contributed by atoms with Gasteiger partial charge in [-0.3, -0.25) is 0 Å². The van der Waals surface area contributed by atoms with Crippen LogP contribution in [-0.4, -0.2) is 23.4 Å². The molecule has 0 aliphatic heterocycles. The Morgan fingerprint density at radius 2 is 2.20 bits per heavy atom. The molecular weight excluding hydrogens is 272 g/mol. The van der Waals surface area contributed by atoms with Crippen molar-refractivity contribution in [3.63, 3.8) is 0 Å². The van der Waals surface area contributed by atoms with Gasteiger partial charge in [-0.05, 0) is 18.6 Å². The van der Waals surface area contributed by atoms with Crippen LogP contribution in [0.3, 0.4) is 0 Å². The van der Waals surface area contributed by atoms with Crippen molar-refractivity contribution >= 4 is 22.8 Å². The van der Waals surface area contributed by atoms with E-state index in [2.05, 4.69) is 31.3 Å². The van der Waals surface area contributed by atoms with Gasteiger partial charge in [0.2, 0.25) is 0 Å². The third-order valence-corrected chi connectivity index (χ3v) is 3.77. The van der Waals surface area contributed by atoms with Crippen molar-refractivity contribution in [1.82, 2.24) is 18.3 Å². The van der Waals surface area contributed by atoms with Crippen molar-refractivity contribution in [3.8, 4) is 0 Å². The topological polar surface area (TPSA) is 63.8 Å². The summed E-state index contributed by atoms with van der Waals surface area (Å²) in [7, 11) is 0. The summed E-state index contributed by atoms with van der Waals surface area (Å²) in [6.45, 7) is 3.04. The van der Waals surface area contributed by atoms with Crippen molar-refractivity contribution in [2.45, 2.75) is 32.4 Å². The lowest BCUT2D eigenvalue weighted by atomic mass is 10.2. The van der Waals surface area contributed by atoms with Crippen LogP contribution in [0.1, 0.15) is 31.0 Å². The Kier molecular flexibility index (Phi) is 3.75. The molecule has 1 aromatic carbocycles. The molecule has 1 N–H and O–H groups in total. The molecule has 0 aliphatic carbocycles. The number of aliphatic hydroxyl groups is 1. The number of para-hydroxylation sites is 2. The molecule has 0 saturated heterocycles. The number of hydrogen-bond acceptors (Lipinski definition) is 5. The van der Waals surface area contributed by atoms with E-state index in [1.54, 1.807) is 6.20 Å². The van der Waals surface area contributed by atoms with Crippen molar-refractivity contribution in [2.75, 3.05) is 0 Å². The Morgan fingerprint density at radius 1 is 1.35 bits per heavy atom. The predicted octanol–water partition coefficient (Wildman–Crippen LogP) is 2.57. The van der Waals surface area contributed by atoms with E-state index in [1.165, 1.54) is 0 Å². The molecule has 5 nitrogen and oxygen atoms in total. The highest BCUT2D eigenvalue weighted by molar-refractivity contribution is 6.99. The number of hydrogen-bond donors (Lipinski definition) is 1. The van der Waals surface area contributed by atoms with Gasteiger partial charge in [-0.15, -0.1) is 0 Å². The first kappa shape index (κ1) is 13.2. The summed E-state index contributed by atoms with van der Waals surface area (Å²) >= 11 is 1.11. The van der Waals surface area contributed by atoms with Crippen LogP contribution in [0.5, 0.6) is 0 Å². The van der Waals surface area contributed by atoms with E-state index in [-0.39, 0.29) is 0 Å². The maximum absolute atomic E-state index is 10.2. The van der Waals surface area contributed by atoms with Crippen molar-refractivity contribution in [3.05, 3.63) is 42.0 Å². The highest BCUT2D eigenvalue weighted by Crippen LogP contribution is 2.21. The molecule has 20 heavy (non-hydrogen) atoms. The Bertz CT molecular complexity index is 692. The van der Waals surface area contributed by atoms with Crippen LogP contribution in [-0.2, 0) is 13.0 Å². The Balaban J connectivity index is 1.96. The molecule has 104 valence electrons. The second kappa shape index (κ2) is 5.68. The van der Waals surface area contributed by atoms with Gasteiger partial charge in [0.15, 0.2) is 0 Å². The Labute approximate surface area is 121 Å². The zero-order valence-electron chi connectivity index (χ0n) is 11.2. The average molecular weight is 288 g/mol. The van der Waals surface area contributed by atoms with Crippen LogP contribution in [0.2, 0.25) is 0 Å². The molecule has 6 heteroatoms. The van der Waals surface area contributed by atoms with E-state index in [0.29, 0.717) is 12.1 Å². The standard InChI is InChI=1S/C14H16N4OS/c1-2-7-18-12-6-4-3-5-10(12)16-14(18)8-13(19)11-9-15-20-17-11/h3-6,9,13,19H,2,7-8H2,1H3. The lowest BCUT2D eigenvalue weighted by Gasteiger charge is -2.10. The van der Waals surface area contributed by atoms with Crippen LogP contribution in [0.25, 0.3) is 11.0 Å². The maximum atomic E-state index is 10.2. The SMILES string of the molecule is CCCn1c(CC(O)c2cnsn2)nc2ccccc21. The summed E-state index contributed by atoms with van der Waals surface area (Å²) in [6.07, 6.45) is 2.45. The molecule has 0 radical (unpaired) electrons. The first-order valence-corrected chi connectivity index (χ1v) is 7.42. The summed E-state index contributed by atoms with van der Waals surface area (Å²) in [5.41, 5.74) is 2.71. The zero-order chi connectivity index (χ0) is 13.9. The van der Waals surface area contributed by atoms with E-state index < -0.39 is 6.10 Å². The van der Waals surface area contributed by atoms with Gasteiger partial charge in [0.25, 0.3) is 0 Å². The highest BCUT2D eigenvalue weighted by Gasteiger charge is 2.17. The van der Waals surface area contributed by atoms with E-state index >= 15 is 0 Å². The van der Waals surface area contributed by atoms with E-state index in [1.807, 2.05) is 18.2 Å². The van der Waals surface area contributed by atoms with Crippen LogP contribution in [0, 0.1) is 0 Å². The number of aryl methyl sites for hydroxylation is 1. The monoisotopic (exact) mass is 288 g/mol. The van der Waals surface area contributed by atoms with Gasteiger partial charge in [-0.25, -0.2) is 4.98 Å². The smallest absolute Gasteiger partial charge is 0.112 e. The zero-order valence-corrected chi connectivity index (χ0v) is 12.0. The van der Waals surface area contributed by atoms with Gasteiger partial charge in [-0.2, -0.15) is 8.75 Å². The van der Waals surface area contributed by atoms with Crippen LogP contribution in [0.15, 0.2) is 30.5 Å². The minimum atomic E-state index is -0.652. The van der Waals surface area contributed by atoms with Crippen LogP contribution >= 0.6 is 11.7 Å². The molecule has 1 atom stereocenters. The number of rotatable bonds is 5. The largest absolute Gasteiger partial charge is 0.386 e. The van der Waals surface area contributed by atoms with E-state index in [4.69, 9.17) is 0 Å². The fourth-order valence-corrected chi connectivity index (χ4v) is 2.82. The summed E-state index contributed by atoms with van der Waals surface area (Å²) < 4.78 is 10.2. The second-order valence-corrected chi connectivity index (χ2v) is 5.28. The number of aliphatic hydroxyl groups excluding tert-OH is 1. The summed E-state index contributed by atoms with van der Waals surface area (Å²) in [5.74, 6) is 0.897. The minimum absolute atomic E-state index is 0.458. The molecule has 3 aromatic rings. The molecule has 0 bridgehead atoms. The number of nitrogens with zero attached hydrogens (tertiary/aromatic N) is 4. The van der Waals surface area contributed by atoms with Gasteiger partial charge in [0.1, 0.15) is 17.6 Å². The third-order valence-electron chi connectivity index (χ3n) is 3.28. The van der Waals surface area contributed by atoms with Gasteiger partial charge in [0.05, 0.1) is 29.0 Å². The minimum Gasteiger partial charge on any atom is -0.386 e. The van der Waals surface area contributed by atoms with E-state index in [0.717, 1.165) is 41.6 Å². The number of aromatic nitrogens is 4. The fourth-order valence-electron chi connectivity index (χ4n) is 2.35. The van der Waals surface area contributed by atoms with Crippen molar-refractivity contribution in [1.29, 1.82) is 0 Å². The van der Waals surface area contributed by atoms with Crippen molar-refractivity contribution in [2.24, 2.45) is 0 Å². The number of imidazole rings is 1. The molecule has 0 fully saturated rings. The molecule has 0 spiro atoms. The summed E-state index contributed by atoms with van der Waals surface area (Å²) in [5, 5.41) is 10.2. The van der Waals surface area contributed by atoms with Crippen LogP contribution < -0.4 is 0 Å². The van der Waals surface area contributed by atoms with Gasteiger partial charge in [-0.1, -0.05) is 19.1 Å². The molecule has 0 aliphatic rings. The molecule has 2 aromatic heterocycles. The Hall–Kier alpha value is -1.79. The van der Waals surface area contributed by atoms with Crippen LogP contribution in [0.4, 0.5) is 0 Å². The third kappa shape index (κ3) is 2.44. The van der Waals surface area contributed by atoms with E-state index in [9.17, 15) is 5.11 Å². The van der Waals surface area contributed by atoms with Crippen molar-refractivity contribution < 1.29 is 5.11 Å². The molecule has 0 amide bonds. The van der Waals surface area contributed by atoms with Gasteiger partial charge < -0.3 is 9.67 Å². The molecule has 2 heterocycles. The lowest BCUT2D eigenvalue weighted by Crippen LogP contribution is -2.09. The normalized spacial score (nSPS) is 12.9. The molecular formula is C14H16N4OS. The first-order chi connectivity index (χ1) is 9.79. The molecule has 0 saturated carbocycles. The fraction of sp³-hybridized carbons (Fsp3) is 0.357. The maximum Gasteiger partial charge on any atom is 0.112 e. The lowest BCUT2D eigenvalue weighted by molar-refractivity contribution is 0.171. The molecule has 1 unspecified atom stereocenters. The highest BCUT2D eigenvalue weighted by atomic mass is 32.1. The predicted molar refractivity (Wildman–Crippen MR) is 78.6 cm³/mol. The van der Waals surface area contributed by atoms with Gasteiger partial charge in [0, 0.05) is 13.0 Å². The summed E-state index contributed by atoms with van der Waals surface area (Å²) in [6, 6.07) is 8.07. The molecule has 3 rings (SSSR count). The van der Waals surface area contributed by atoms with Gasteiger partial charge >= 0.3 is 0 Å². The number of fused-ring (bicyclic) bond motifs is 1. The number of benzene rings is 1. The first-order valence-electron chi connectivity index (χ1n) is 6.69. The Morgan fingerprint density at radius 3 is 2.95 bits per heavy atom. The second-order valence-electron chi connectivity index (χ2n) is 4.72.